The lowest BCUT2D eigenvalue weighted by Crippen LogP contribution is -2.53. The van der Waals surface area contributed by atoms with Crippen LogP contribution in [0.4, 0.5) is 0 Å². The first kappa shape index (κ1) is 16.4. The van der Waals surface area contributed by atoms with Gasteiger partial charge in [0.1, 0.15) is 6.10 Å². The van der Waals surface area contributed by atoms with Crippen LogP contribution < -0.4 is 0 Å². The Morgan fingerprint density at radius 1 is 1.12 bits per heavy atom. The van der Waals surface area contributed by atoms with Gasteiger partial charge >= 0.3 is 5.97 Å². The third kappa shape index (κ3) is 2.23. The Bertz CT molecular complexity index is 594. The molecule has 2 unspecified atom stereocenters. The maximum atomic E-state index is 11.9. The van der Waals surface area contributed by atoms with Crippen molar-refractivity contribution in [3.05, 3.63) is 12.2 Å². The van der Waals surface area contributed by atoms with Gasteiger partial charge in [0, 0.05) is 18.8 Å². The predicted molar refractivity (Wildman–Crippen MR) is 92.2 cm³/mol. The van der Waals surface area contributed by atoms with Crippen LogP contribution in [-0.4, -0.2) is 17.9 Å². The normalized spacial score (nSPS) is 50.0. The van der Waals surface area contributed by atoms with Gasteiger partial charge in [0.05, 0.1) is 0 Å². The molecule has 4 aliphatic rings. The molecule has 0 spiro atoms. The summed E-state index contributed by atoms with van der Waals surface area (Å²) in [5.41, 5.74) is 0.349. The fraction of sp³-hybridized carbons (Fsp3) is 0.810. The van der Waals surface area contributed by atoms with Gasteiger partial charge < -0.3 is 4.74 Å². The summed E-state index contributed by atoms with van der Waals surface area (Å²) in [6.07, 6.45) is 12.0. The molecule has 0 aliphatic heterocycles. The fourth-order valence-electron chi connectivity index (χ4n) is 6.98. The van der Waals surface area contributed by atoms with Gasteiger partial charge in [-0.2, -0.15) is 0 Å². The molecule has 3 nitrogen and oxygen atoms in total. The standard InChI is InChI=1S/C21H30O3/c1-13(22)24-19-7-6-17-16-5-4-14-12-15(23)8-10-20(14,2)18(16)9-11-21(17,19)3/h8,10,14,16-19H,4-7,9,11-12H2,1-3H3/t14?,16-,17-,18+,19?,20-,21-/m0/s1. The molecule has 0 radical (unpaired) electrons. The van der Waals surface area contributed by atoms with Crippen molar-refractivity contribution in [3.8, 4) is 0 Å². The van der Waals surface area contributed by atoms with Crippen LogP contribution in [0.3, 0.4) is 0 Å². The zero-order valence-corrected chi connectivity index (χ0v) is 15.2. The van der Waals surface area contributed by atoms with E-state index in [1.165, 1.54) is 25.7 Å². The largest absolute Gasteiger partial charge is 0.462 e. The van der Waals surface area contributed by atoms with Crippen LogP contribution in [-0.2, 0) is 14.3 Å². The van der Waals surface area contributed by atoms with E-state index in [1.54, 1.807) is 6.92 Å². The van der Waals surface area contributed by atoms with Gasteiger partial charge in [-0.05, 0) is 73.7 Å². The number of carbonyl (C=O) groups is 2. The van der Waals surface area contributed by atoms with Crippen molar-refractivity contribution in [1.29, 1.82) is 0 Å². The Balaban J connectivity index is 1.62. The van der Waals surface area contributed by atoms with Crippen LogP contribution in [0.15, 0.2) is 12.2 Å². The van der Waals surface area contributed by atoms with Crippen molar-refractivity contribution in [1.82, 2.24) is 0 Å². The zero-order valence-electron chi connectivity index (χ0n) is 15.2. The van der Waals surface area contributed by atoms with Gasteiger partial charge in [-0.25, -0.2) is 0 Å². The Hall–Kier alpha value is -1.12. The Morgan fingerprint density at radius 2 is 1.92 bits per heavy atom. The lowest BCUT2D eigenvalue weighted by atomic mass is 9.46. The van der Waals surface area contributed by atoms with Crippen LogP contribution in [0.2, 0.25) is 0 Å². The Kier molecular flexibility index (Phi) is 3.71. The van der Waals surface area contributed by atoms with E-state index in [9.17, 15) is 9.59 Å². The number of ketones is 1. The second-order valence-corrected chi connectivity index (χ2v) is 9.24. The summed E-state index contributed by atoms with van der Waals surface area (Å²) in [4.78, 5) is 23.4. The number of fused-ring (bicyclic) bond motifs is 5. The number of ether oxygens (including phenoxy) is 1. The third-order valence-electron chi connectivity index (χ3n) is 8.26. The van der Waals surface area contributed by atoms with Gasteiger partial charge in [-0.3, -0.25) is 9.59 Å². The van der Waals surface area contributed by atoms with E-state index in [0.717, 1.165) is 25.2 Å². The van der Waals surface area contributed by atoms with Gasteiger partial charge in [0.2, 0.25) is 0 Å². The van der Waals surface area contributed by atoms with Crippen molar-refractivity contribution in [2.75, 3.05) is 0 Å². The molecule has 0 N–H and O–H groups in total. The lowest BCUT2D eigenvalue weighted by molar-refractivity contribution is -0.158. The Morgan fingerprint density at radius 3 is 2.67 bits per heavy atom. The van der Waals surface area contributed by atoms with Crippen molar-refractivity contribution in [3.63, 3.8) is 0 Å². The highest BCUT2D eigenvalue weighted by molar-refractivity contribution is 5.91. The van der Waals surface area contributed by atoms with Gasteiger partial charge in [-0.1, -0.05) is 19.9 Å². The molecule has 4 aliphatic carbocycles. The molecule has 0 aromatic heterocycles. The molecule has 0 aromatic rings. The van der Waals surface area contributed by atoms with Gasteiger partial charge in [0.15, 0.2) is 5.78 Å². The van der Waals surface area contributed by atoms with Crippen molar-refractivity contribution in [2.24, 2.45) is 34.5 Å². The van der Waals surface area contributed by atoms with Crippen LogP contribution in [0.5, 0.6) is 0 Å². The quantitative estimate of drug-likeness (QED) is 0.673. The topological polar surface area (TPSA) is 43.4 Å². The molecule has 0 amide bonds. The van der Waals surface area contributed by atoms with Gasteiger partial charge in [0.25, 0.3) is 0 Å². The third-order valence-corrected chi connectivity index (χ3v) is 8.26. The molecule has 132 valence electrons. The number of carbonyl (C=O) groups excluding carboxylic acids is 2. The van der Waals surface area contributed by atoms with E-state index in [-0.39, 0.29) is 22.9 Å². The number of allylic oxidation sites excluding steroid dienone is 2. The number of hydrogen-bond acceptors (Lipinski definition) is 3. The van der Waals surface area contributed by atoms with Gasteiger partial charge in [-0.15, -0.1) is 0 Å². The second-order valence-electron chi connectivity index (χ2n) is 9.24. The number of hydrogen-bond donors (Lipinski definition) is 0. The SMILES string of the molecule is CC(=O)OC1CC[C@H]2[C@@H]3CCC4CC(=O)C=C[C@]4(C)[C@@H]3CC[C@]12C. The molecule has 0 bridgehead atoms. The maximum Gasteiger partial charge on any atom is 0.302 e. The summed E-state index contributed by atoms with van der Waals surface area (Å²) < 4.78 is 5.71. The number of esters is 1. The summed E-state index contributed by atoms with van der Waals surface area (Å²) >= 11 is 0. The smallest absolute Gasteiger partial charge is 0.302 e. The molecular weight excluding hydrogens is 300 g/mol. The molecule has 0 saturated heterocycles. The van der Waals surface area contributed by atoms with Crippen LogP contribution in [0.1, 0.15) is 65.7 Å². The maximum absolute atomic E-state index is 11.9. The summed E-state index contributed by atoms with van der Waals surface area (Å²) in [5, 5.41) is 0. The molecule has 4 rings (SSSR count). The summed E-state index contributed by atoms with van der Waals surface area (Å²) in [7, 11) is 0. The highest BCUT2D eigenvalue weighted by Gasteiger charge is 2.60. The molecular formula is C21H30O3. The molecule has 3 saturated carbocycles. The summed E-state index contributed by atoms with van der Waals surface area (Å²) in [6.45, 7) is 6.31. The zero-order chi connectivity index (χ0) is 17.1. The van der Waals surface area contributed by atoms with Crippen molar-refractivity contribution < 1.29 is 14.3 Å². The lowest BCUT2D eigenvalue weighted by Gasteiger charge is -2.58. The molecule has 7 atom stereocenters. The van der Waals surface area contributed by atoms with E-state index in [0.29, 0.717) is 23.5 Å². The van der Waals surface area contributed by atoms with E-state index in [1.807, 2.05) is 6.08 Å². The van der Waals surface area contributed by atoms with E-state index < -0.39 is 0 Å². The van der Waals surface area contributed by atoms with Crippen LogP contribution in [0, 0.1) is 34.5 Å². The Labute approximate surface area is 145 Å². The predicted octanol–water partition coefficient (Wildman–Crippen LogP) is 4.31. The van der Waals surface area contributed by atoms with E-state index in [2.05, 4.69) is 19.9 Å². The average molecular weight is 330 g/mol. The van der Waals surface area contributed by atoms with Crippen molar-refractivity contribution in [2.45, 2.75) is 71.8 Å². The first-order valence-corrected chi connectivity index (χ1v) is 9.74. The van der Waals surface area contributed by atoms with E-state index >= 15 is 0 Å². The van der Waals surface area contributed by atoms with Crippen LogP contribution in [0.25, 0.3) is 0 Å². The minimum atomic E-state index is -0.131. The van der Waals surface area contributed by atoms with E-state index in [4.69, 9.17) is 4.74 Å². The molecule has 3 heteroatoms. The number of rotatable bonds is 1. The monoisotopic (exact) mass is 330 g/mol. The molecule has 24 heavy (non-hydrogen) atoms. The highest BCUT2D eigenvalue weighted by atomic mass is 16.5. The molecule has 0 heterocycles. The first-order valence-electron chi connectivity index (χ1n) is 9.74. The average Bonchev–Trinajstić information content (AvgIpc) is 2.84. The van der Waals surface area contributed by atoms with Crippen LogP contribution >= 0.6 is 0 Å². The highest BCUT2D eigenvalue weighted by Crippen LogP contribution is 2.65. The van der Waals surface area contributed by atoms with Crippen molar-refractivity contribution >= 4 is 11.8 Å². The molecule has 0 aromatic carbocycles. The summed E-state index contributed by atoms with van der Waals surface area (Å²) in [6, 6.07) is 0. The second kappa shape index (κ2) is 5.44. The fourth-order valence-corrected chi connectivity index (χ4v) is 6.98. The minimum absolute atomic E-state index is 0.106. The minimum Gasteiger partial charge on any atom is -0.462 e. The molecule has 3 fully saturated rings. The first-order chi connectivity index (χ1) is 11.3. The summed E-state index contributed by atoms with van der Waals surface area (Å²) in [5.74, 6) is 2.80.